The summed E-state index contributed by atoms with van der Waals surface area (Å²) in [5.74, 6) is 0.0820. The summed E-state index contributed by atoms with van der Waals surface area (Å²) in [4.78, 5) is 16.0. The Labute approximate surface area is 138 Å². The number of carbonyl (C=O) groups excluding carboxylic acids is 1. The topological polar surface area (TPSA) is 32.3 Å². The van der Waals surface area contributed by atoms with Crippen LogP contribution in [-0.4, -0.2) is 22.8 Å². The molecule has 0 bridgehead atoms. The number of hydrogen-bond acceptors (Lipinski definition) is 3. The van der Waals surface area contributed by atoms with Gasteiger partial charge in [0.1, 0.15) is 0 Å². The van der Waals surface area contributed by atoms with Crippen LogP contribution in [0.25, 0.3) is 0 Å². The second-order valence-corrected chi connectivity index (χ2v) is 7.13. The van der Waals surface area contributed by atoms with Gasteiger partial charge in [0.2, 0.25) is 5.91 Å². The lowest BCUT2D eigenvalue weighted by atomic mass is 9.96. The molecular weight excluding hydrogens is 316 g/mol. The van der Waals surface area contributed by atoms with Gasteiger partial charge in [-0.05, 0) is 23.3 Å². The second kappa shape index (κ2) is 5.61. The Kier molecular flexibility index (Phi) is 3.60. The molecule has 2 aromatic carbocycles. The molecule has 2 aromatic rings. The monoisotopic (exact) mass is 330 g/mol. The smallest absolute Gasteiger partial charge is 0.233 e. The minimum absolute atomic E-state index is 0.0996. The molecule has 112 valence electrons. The molecule has 5 heteroatoms. The molecule has 0 spiro atoms. The number of carbonyl (C=O) groups is 1. The highest BCUT2D eigenvalue weighted by molar-refractivity contribution is 8.00. The molecule has 2 aliphatic rings. The Morgan fingerprint density at radius 2 is 1.95 bits per heavy atom. The van der Waals surface area contributed by atoms with Crippen molar-refractivity contribution in [1.29, 1.82) is 0 Å². The number of nitrogens with zero attached hydrogens (tertiary/aromatic N) is 1. The lowest BCUT2D eigenvalue weighted by Gasteiger charge is -2.35. The zero-order chi connectivity index (χ0) is 15.1. The molecule has 2 aliphatic heterocycles. The van der Waals surface area contributed by atoms with E-state index in [9.17, 15) is 4.79 Å². The summed E-state index contributed by atoms with van der Waals surface area (Å²) in [5, 5.41) is 4.33. The highest BCUT2D eigenvalue weighted by atomic mass is 35.5. The predicted octanol–water partition coefficient (Wildman–Crippen LogP) is 3.44. The molecular formula is C17H15ClN2OS. The summed E-state index contributed by atoms with van der Waals surface area (Å²) in [7, 11) is 0. The van der Waals surface area contributed by atoms with Crippen molar-refractivity contribution in [1.82, 2.24) is 10.2 Å². The van der Waals surface area contributed by atoms with Crippen molar-refractivity contribution in [3.8, 4) is 0 Å². The molecule has 0 saturated carbocycles. The molecule has 1 amide bonds. The largest absolute Gasteiger partial charge is 0.325 e. The van der Waals surface area contributed by atoms with Gasteiger partial charge in [0.15, 0.2) is 0 Å². The van der Waals surface area contributed by atoms with E-state index in [-0.39, 0.29) is 17.2 Å². The first-order valence-electron chi connectivity index (χ1n) is 7.25. The zero-order valence-electron chi connectivity index (χ0n) is 11.8. The molecule has 2 heterocycles. The van der Waals surface area contributed by atoms with Gasteiger partial charge in [0.05, 0.1) is 18.0 Å². The van der Waals surface area contributed by atoms with E-state index < -0.39 is 0 Å². The van der Waals surface area contributed by atoms with Gasteiger partial charge in [-0.25, -0.2) is 0 Å². The number of hydrogen-bond donors (Lipinski definition) is 1. The van der Waals surface area contributed by atoms with Gasteiger partial charge in [0, 0.05) is 16.5 Å². The van der Waals surface area contributed by atoms with Crippen LogP contribution in [0.2, 0.25) is 5.02 Å². The third-order valence-electron chi connectivity index (χ3n) is 4.19. The maximum Gasteiger partial charge on any atom is 0.233 e. The van der Waals surface area contributed by atoms with Crippen LogP contribution >= 0.6 is 23.4 Å². The molecule has 1 saturated heterocycles. The first kappa shape index (κ1) is 14.1. The van der Waals surface area contributed by atoms with Gasteiger partial charge in [-0.15, -0.1) is 11.8 Å². The van der Waals surface area contributed by atoms with Crippen molar-refractivity contribution in [3.05, 3.63) is 64.7 Å². The average molecular weight is 331 g/mol. The molecule has 4 rings (SSSR count). The molecule has 22 heavy (non-hydrogen) atoms. The lowest BCUT2D eigenvalue weighted by Crippen LogP contribution is -2.52. The van der Waals surface area contributed by atoms with E-state index in [1.165, 1.54) is 4.90 Å². The number of halogens is 1. The first-order chi connectivity index (χ1) is 10.7. The van der Waals surface area contributed by atoms with Crippen LogP contribution in [0.3, 0.4) is 0 Å². The maximum atomic E-state index is 12.9. The summed E-state index contributed by atoms with van der Waals surface area (Å²) >= 11 is 7.97. The lowest BCUT2D eigenvalue weighted by molar-refractivity contribution is -0.136. The number of nitrogens with one attached hydrogen (secondary N) is 1. The van der Waals surface area contributed by atoms with Crippen LogP contribution in [0.1, 0.15) is 17.0 Å². The Morgan fingerprint density at radius 1 is 1.18 bits per heavy atom. The summed E-state index contributed by atoms with van der Waals surface area (Å²) in [6.45, 7) is 1.10. The van der Waals surface area contributed by atoms with Crippen molar-refractivity contribution in [3.63, 3.8) is 0 Å². The van der Waals surface area contributed by atoms with Crippen molar-refractivity contribution in [2.75, 3.05) is 6.67 Å². The van der Waals surface area contributed by atoms with Gasteiger partial charge in [-0.2, -0.15) is 0 Å². The second-order valence-electron chi connectivity index (χ2n) is 5.54. The highest BCUT2D eigenvalue weighted by Crippen LogP contribution is 2.46. The van der Waals surface area contributed by atoms with E-state index in [1.54, 1.807) is 11.8 Å². The third kappa shape index (κ3) is 2.32. The molecule has 2 unspecified atom stereocenters. The van der Waals surface area contributed by atoms with Gasteiger partial charge in [-0.1, -0.05) is 48.0 Å². The average Bonchev–Trinajstić information content (AvgIpc) is 2.91. The fourth-order valence-corrected chi connectivity index (χ4v) is 4.59. The summed E-state index contributed by atoms with van der Waals surface area (Å²) < 4.78 is 0. The van der Waals surface area contributed by atoms with E-state index in [1.807, 2.05) is 41.3 Å². The van der Waals surface area contributed by atoms with Crippen molar-refractivity contribution in [2.45, 2.75) is 22.7 Å². The molecule has 1 N–H and O–H groups in total. The normalized spacial score (nSPS) is 23.3. The SMILES string of the molecule is O=C1C2c3ccccc3SC2NCN1Cc1ccccc1Cl. The number of amides is 1. The van der Waals surface area contributed by atoms with E-state index in [4.69, 9.17) is 11.6 Å². The minimum atomic E-state index is -0.0996. The van der Waals surface area contributed by atoms with E-state index in [0.29, 0.717) is 18.2 Å². The van der Waals surface area contributed by atoms with Crippen LogP contribution in [0, 0.1) is 0 Å². The number of thioether (sulfide) groups is 1. The van der Waals surface area contributed by atoms with E-state index in [0.717, 1.165) is 11.1 Å². The van der Waals surface area contributed by atoms with E-state index in [2.05, 4.69) is 17.4 Å². The van der Waals surface area contributed by atoms with Gasteiger partial charge >= 0.3 is 0 Å². The molecule has 3 nitrogen and oxygen atoms in total. The van der Waals surface area contributed by atoms with Crippen LogP contribution in [0.15, 0.2) is 53.4 Å². The zero-order valence-corrected chi connectivity index (χ0v) is 13.4. The summed E-state index contributed by atoms with van der Waals surface area (Å²) in [6, 6.07) is 15.9. The third-order valence-corrected chi connectivity index (χ3v) is 5.88. The minimum Gasteiger partial charge on any atom is -0.325 e. The Hall–Kier alpha value is -1.49. The van der Waals surface area contributed by atoms with Gasteiger partial charge in [-0.3, -0.25) is 10.1 Å². The van der Waals surface area contributed by atoms with Gasteiger partial charge in [0.25, 0.3) is 0 Å². The predicted molar refractivity (Wildman–Crippen MR) is 88.8 cm³/mol. The summed E-state index contributed by atoms with van der Waals surface area (Å²) in [5.41, 5.74) is 2.12. The number of rotatable bonds is 2. The quantitative estimate of drug-likeness (QED) is 0.915. The molecule has 0 radical (unpaired) electrons. The van der Waals surface area contributed by atoms with Gasteiger partial charge < -0.3 is 4.90 Å². The first-order valence-corrected chi connectivity index (χ1v) is 8.51. The van der Waals surface area contributed by atoms with Crippen molar-refractivity contribution >= 4 is 29.3 Å². The van der Waals surface area contributed by atoms with Crippen molar-refractivity contribution in [2.24, 2.45) is 0 Å². The van der Waals surface area contributed by atoms with E-state index >= 15 is 0 Å². The number of fused-ring (bicyclic) bond motifs is 3. The van der Waals surface area contributed by atoms with Crippen LogP contribution in [-0.2, 0) is 11.3 Å². The molecule has 1 fully saturated rings. The highest BCUT2D eigenvalue weighted by Gasteiger charge is 2.43. The fraction of sp³-hybridized carbons (Fsp3) is 0.235. The Morgan fingerprint density at radius 3 is 2.82 bits per heavy atom. The number of benzene rings is 2. The van der Waals surface area contributed by atoms with Crippen LogP contribution in [0.5, 0.6) is 0 Å². The fourth-order valence-electron chi connectivity index (χ4n) is 3.08. The maximum absolute atomic E-state index is 12.9. The van der Waals surface area contributed by atoms with Crippen LogP contribution in [0.4, 0.5) is 0 Å². The van der Waals surface area contributed by atoms with Crippen molar-refractivity contribution < 1.29 is 4.79 Å². The molecule has 2 atom stereocenters. The van der Waals surface area contributed by atoms with Crippen LogP contribution < -0.4 is 5.32 Å². The summed E-state index contributed by atoms with van der Waals surface area (Å²) in [6.07, 6.45) is 0. The molecule has 0 aromatic heterocycles. The Bertz CT molecular complexity index is 736. The Balaban J connectivity index is 1.61. The molecule has 0 aliphatic carbocycles. The standard InChI is InChI=1S/C17H15ClN2OS/c18-13-7-3-1-5-11(13)9-20-10-19-16-15(17(20)21)12-6-2-4-8-14(12)22-16/h1-8,15-16,19H,9-10H2.